The van der Waals surface area contributed by atoms with Gasteiger partial charge in [-0.25, -0.2) is 0 Å². The summed E-state index contributed by atoms with van der Waals surface area (Å²) in [6.07, 6.45) is 5.40. The van der Waals surface area contributed by atoms with Gasteiger partial charge in [-0.2, -0.15) is 0 Å². The highest BCUT2D eigenvalue weighted by Gasteiger charge is 2.35. The molecule has 0 amide bonds. The third-order valence-corrected chi connectivity index (χ3v) is 5.14. The quantitative estimate of drug-likeness (QED) is 0.738. The van der Waals surface area contributed by atoms with Gasteiger partial charge < -0.3 is 9.64 Å². The van der Waals surface area contributed by atoms with E-state index in [1.165, 1.54) is 36.9 Å². The fourth-order valence-electron chi connectivity index (χ4n) is 3.36. The standard InChI is InChI=1S/C15H19BrClNO/c16-10-11-4-3-5-12(17)15(11)18-8-9-19-14-7-2-1-6-13(14)18/h3-5,13-14H,1-2,6-10H2. The molecule has 0 N–H and O–H groups in total. The Balaban J connectivity index is 1.96. The van der Waals surface area contributed by atoms with E-state index in [1.807, 2.05) is 12.1 Å². The first-order valence-electron chi connectivity index (χ1n) is 7.03. The van der Waals surface area contributed by atoms with Gasteiger partial charge in [0.1, 0.15) is 0 Å². The van der Waals surface area contributed by atoms with Crippen LogP contribution in [0.25, 0.3) is 0 Å². The number of morpholine rings is 1. The minimum atomic E-state index is 0.391. The molecule has 19 heavy (non-hydrogen) atoms. The van der Waals surface area contributed by atoms with Gasteiger partial charge in [-0.1, -0.05) is 52.5 Å². The van der Waals surface area contributed by atoms with E-state index >= 15 is 0 Å². The highest BCUT2D eigenvalue weighted by Crippen LogP contribution is 2.38. The van der Waals surface area contributed by atoms with Crippen molar-refractivity contribution in [1.82, 2.24) is 0 Å². The number of alkyl halides is 1. The van der Waals surface area contributed by atoms with E-state index in [-0.39, 0.29) is 0 Å². The van der Waals surface area contributed by atoms with Gasteiger partial charge >= 0.3 is 0 Å². The van der Waals surface area contributed by atoms with Crippen LogP contribution in [0.4, 0.5) is 5.69 Å². The predicted molar refractivity (Wildman–Crippen MR) is 83.4 cm³/mol. The molecular formula is C15H19BrClNO. The minimum Gasteiger partial charge on any atom is -0.374 e. The number of nitrogens with zero attached hydrogens (tertiary/aromatic N) is 1. The van der Waals surface area contributed by atoms with Crippen LogP contribution < -0.4 is 4.90 Å². The summed E-state index contributed by atoms with van der Waals surface area (Å²) in [6, 6.07) is 6.68. The second kappa shape index (κ2) is 6.02. The number of fused-ring (bicyclic) bond motifs is 1. The second-order valence-electron chi connectivity index (χ2n) is 5.34. The van der Waals surface area contributed by atoms with Crippen LogP contribution in [0.3, 0.4) is 0 Å². The van der Waals surface area contributed by atoms with Crippen LogP contribution in [0.5, 0.6) is 0 Å². The third-order valence-electron chi connectivity index (χ3n) is 4.23. The van der Waals surface area contributed by atoms with Crippen LogP contribution >= 0.6 is 27.5 Å². The molecule has 2 aliphatic rings. The van der Waals surface area contributed by atoms with Gasteiger partial charge in [0.25, 0.3) is 0 Å². The van der Waals surface area contributed by atoms with Crippen LogP contribution in [-0.2, 0) is 10.1 Å². The molecule has 4 heteroatoms. The van der Waals surface area contributed by atoms with Crippen LogP contribution in [0.2, 0.25) is 5.02 Å². The summed E-state index contributed by atoms with van der Waals surface area (Å²) in [5, 5.41) is 1.71. The fraction of sp³-hybridized carbons (Fsp3) is 0.600. The lowest BCUT2D eigenvalue weighted by atomic mass is 9.89. The Bertz CT molecular complexity index is 452. The molecule has 2 unspecified atom stereocenters. The van der Waals surface area contributed by atoms with Gasteiger partial charge in [-0.3, -0.25) is 0 Å². The van der Waals surface area contributed by atoms with E-state index < -0.39 is 0 Å². The topological polar surface area (TPSA) is 12.5 Å². The zero-order valence-corrected chi connectivity index (χ0v) is 13.3. The van der Waals surface area contributed by atoms with Gasteiger partial charge in [0.2, 0.25) is 0 Å². The molecule has 1 aliphatic carbocycles. The first kappa shape index (κ1) is 13.7. The fourth-order valence-corrected chi connectivity index (χ4v) is 4.12. The molecule has 1 saturated heterocycles. The van der Waals surface area contributed by atoms with Crippen molar-refractivity contribution in [3.05, 3.63) is 28.8 Å². The smallest absolute Gasteiger partial charge is 0.0779 e. The molecule has 2 nitrogen and oxygen atoms in total. The second-order valence-corrected chi connectivity index (χ2v) is 6.30. The molecule has 0 aromatic heterocycles. The Morgan fingerprint density at radius 2 is 2.16 bits per heavy atom. The van der Waals surface area contributed by atoms with Crippen LogP contribution in [-0.4, -0.2) is 25.3 Å². The molecule has 1 aromatic rings. The summed E-state index contributed by atoms with van der Waals surface area (Å²) in [4.78, 5) is 2.49. The largest absolute Gasteiger partial charge is 0.374 e. The van der Waals surface area contributed by atoms with E-state index in [9.17, 15) is 0 Å². The lowest BCUT2D eigenvalue weighted by Crippen LogP contribution is -2.53. The summed E-state index contributed by atoms with van der Waals surface area (Å²) in [6.45, 7) is 1.76. The highest BCUT2D eigenvalue weighted by molar-refractivity contribution is 9.08. The van der Waals surface area contributed by atoms with Crippen molar-refractivity contribution in [2.45, 2.75) is 43.2 Å². The Kier molecular flexibility index (Phi) is 4.35. The first-order chi connectivity index (χ1) is 9.31. The molecule has 2 atom stereocenters. The average molecular weight is 345 g/mol. The van der Waals surface area contributed by atoms with Crippen LogP contribution in [0, 0.1) is 0 Å². The maximum absolute atomic E-state index is 6.47. The van der Waals surface area contributed by atoms with Crippen LogP contribution in [0.1, 0.15) is 31.2 Å². The number of para-hydroxylation sites is 1. The summed E-state index contributed by atoms with van der Waals surface area (Å²) < 4.78 is 5.95. The molecule has 1 aromatic carbocycles. The molecule has 0 radical (unpaired) electrons. The lowest BCUT2D eigenvalue weighted by molar-refractivity contribution is -0.00871. The predicted octanol–water partition coefficient (Wildman–Crippen LogP) is 4.38. The summed E-state index contributed by atoms with van der Waals surface area (Å²) in [5.41, 5.74) is 2.49. The van der Waals surface area contributed by atoms with Crippen molar-refractivity contribution in [2.75, 3.05) is 18.1 Å². The monoisotopic (exact) mass is 343 g/mol. The average Bonchev–Trinajstić information content (AvgIpc) is 2.46. The van der Waals surface area contributed by atoms with E-state index in [1.54, 1.807) is 0 Å². The molecule has 104 valence electrons. The van der Waals surface area contributed by atoms with E-state index in [2.05, 4.69) is 26.9 Å². The Morgan fingerprint density at radius 1 is 1.32 bits per heavy atom. The summed E-state index contributed by atoms with van der Waals surface area (Å²) in [5.74, 6) is 0. The van der Waals surface area contributed by atoms with Crippen molar-refractivity contribution in [3.8, 4) is 0 Å². The Morgan fingerprint density at radius 3 is 3.00 bits per heavy atom. The zero-order valence-electron chi connectivity index (χ0n) is 10.9. The molecule has 1 saturated carbocycles. The maximum atomic E-state index is 6.47. The van der Waals surface area contributed by atoms with Crippen molar-refractivity contribution < 1.29 is 4.74 Å². The number of anilines is 1. The van der Waals surface area contributed by atoms with Crippen molar-refractivity contribution in [3.63, 3.8) is 0 Å². The zero-order chi connectivity index (χ0) is 13.2. The van der Waals surface area contributed by atoms with E-state index in [0.717, 1.165) is 23.5 Å². The maximum Gasteiger partial charge on any atom is 0.0779 e. The lowest BCUT2D eigenvalue weighted by Gasteiger charge is -2.46. The molecule has 1 aliphatic heterocycles. The van der Waals surface area contributed by atoms with Gasteiger partial charge in [-0.05, 0) is 24.5 Å². The molecule has 0 bridgehead atoms. The Hall–Kier alpha value is -0.250. The summed E-state index contributed by atoms with van der Waals surface area (Å²) >= 11 is 10.0. The minimum absolute atomic E-state index is 0.391. The highest BCUT2D eigenvalue weighted by atomic mass is 79.9. The number of hydrogen-bond acceptors (Lipinski definition) is 2. The summed E-state index contributed by atoms with van der Waals surface area (Å²) in [7, 11) is 0. The molecular weight excluding hydrogens is 326 g/mol. The SMILES string of the molecule is Clc1cccc(CBr)c1N1CCOC2CCCCC21. The van der Waals surface area contributed by atoms with Gasteiger partial charge in [0.15, 0.2) is 0 Å². The van der Waals surface area contributed by atoms with Crippen molar-refractivity contribution in [2.24, 2.45) is 0 Å². The van der Waals surface area contributed by atoms with E-state index in [0.29, 0.717) is 12.1 Å². The molecule has 3 rings (SSSR count). The Labute approximate surface area is 128 Å². The van der Waals surface area contributed by atoms with Crippen molar-refractivity contribution >= 4 is 33.2 Å². The number of halogens is 2. The van der Waals surface area contributed by atoms with Crippen molar-refractivity contribution in [1.29, 1.82) is 0 Å². The number of rotatable bonds is 2. The molecule has 0 spiro atoms. The van der Waals surface area contributed by atoms with E-state index in [4.69, 9.17) is 16.3 Å². The van der Waals surface area contributed by atoms with Crippen LogP contribution in [0.15, 0.2) is 18.2 Å². The number of hydrogen-bond donors (Lipinski definition) is 0. The normalized spacial score (nSPS) is 27.2. The molecule has 1 heterocycles. The first-order valence-corrected chi connectivity index (χ1v) is 8.53. The van der Waals surface area contributed by atoms with Gasteiger partial charge in [0.05, 0.1) is 29.5 Å². The third kappa shape index (κ3) is 2.65. The number of benzene rings is 1. The number of ether oxygens (including phenoxy) is 1. The van der Waals surface area contributed by atoms with Gasteiger partial charge in [-0.15, -0.1) is 0 Å². The molecule has 2 fully saturated rings. The van der Waals surface area contributed by atoms with Gasteiger partial charge in [0, 0.05) is 11.9 Å².